The van der Waals surface area contributed by atoms with Crippen LogP contribution in [0.5, 0.6) is 0 Å². The molecule has 5 rings (SSSR count). The molecule has 0 aliphatic carbocycles. The largest absolute Gasteiger partial charge is 0.309 e. The van der Waals surface area contributed by atoms with Crippen LogP contribution in [0.2, 0.25) is 0 Å². The van der Waals surface area contributed by atoms with Crippen LogP contribution in [0.15, 0.2) is 84.4 Å². The second-order valence-electron chi connectivity index (χ2n) is 11.3. The first-order valence-corrected chi connectivity index (χ1v) is 17.1. The normalized spacial score (nSPS) is 12.4. The summed E-state index contributed by atoms with van der Waals surface area (Å²) in [6, 6.07) is 29.2. The number of benzene rings is 3. The summed E-state index contributed by atoms with van der Waals surface area (Å²) in [5.41, 5.74) is 8.04. The van der Waals surface area contributed by atoms with E-state index in [0.29, 0.717) is 0 Å². The maximum atomic E-state index is 5.13. The summed E-state index contributed by atoms with van der Waals surface area (Å²) in [7, 11) is 0. The number of rotatable bonds is 14. The highest BCUT2D eigenvalue weighted by atomic mass is 32.1. The summed E-state index contributed by atoms with van der Waals surface area (Å²) in [5, 5.41) is 2.61. The quantitative estimate of drug-likeness (QED) is 0.0986. The van der Waals surface area contributed by atoms with Gasteiger partial charge in [-0.15, -0.1) is 24.0 Å². The van der Waals surface area contributed by atoms with E-state index in [2.05, 4.69) is 104 Å². The Bertz CT molecular complexity index is 1550. The highest BCUT2D eigenvalue weighted by Gasteiger charge is 2.16. The molecule has 1 nitrogen and oxygen atoms in total. The lowest BCUT2D eigenvalue weighted by Gasteiger charge is -2.10. The van der Waals surface area contributed by atoms with Gasteiger partial charge in [0.2, 0.25) is 0 Å². The summed E-state index contributed by atoms with van der Waals surface area (Å²) in [6.07, 6.45) is 13.7. The Morgan fingerprint density at radius 1 is 0.707 bits per heavy atom. The Morgan fingerprint density at radius 2 is 1.32 bits per heavy atom. The van der Waals surface area contributed by atoms with E-state index in [1.807, 2.05) is 11.3 Å². The maximum Gasteiger partial charge on any atom is 0.0541 e. The van der Waals surface area contributed by atoms with Crippen molar-refractivity contribution in [3.63, 3.8) is 0 Å². The molecule has 0 spiro atoms. The summed E-state index contributed by atoms with van der Waals surface area (Å²) in [5.74, 6) is 0. The molecule has 5 aromatic rings. The van der Waals surface area contributed by atoms with E-state index in [9.17, 15) is 0 Å². The molecule has 41 heavy (non-hydrogen) atoms. The van der Waals surface area contributed by atoms with Crippen molar-refractivity contribution in [2.24, 2.45) is 0 Å². The number of unbranched alkanes of at least 4 members (excludes halogenated alkanes) is 6. The molecular formula is C38H45NS2. The van der Waals surface area contributed by atoms with Crippen molar-refractivity contribution in [2.45, 2.75) is 91.4 Å². The Balaban J connectivity index is 1.50. The van der Waals surface area contributed by atoms with Crippen LogP contribution in [-0.2, 0) is 6.42 Å². The summed E-state index contributed by atoms with van der Waals surface area (Å²) < 4.78 is 2.40. The Labute approximate surface area is 256 Å². The summed E-state index contributed by atoms with van der Waals surface area (Å²) in [4.78, 5) is 3.97. The molecule has 3 heteroatoms. The molecule has 0 saturated heterocycles. The zero-order chi connectivity index (χ0) is 28.6. The van der Waals surface area contributed by atoms with Crippen molar-refractivity contribution >= 4 is 50.7 Å². The monoisotopic (exact) mass is 579 g/mol. The number of hydrogen-bond donors (Lipinski definition) is 1. The van der Waals surface area contributed by atoms with E-state index in [-0.39, 0.29) is 0 Å². The van der Waals surface area contributed by atoms with Crippen molar-refractivity contribution in [3.05, 3.63) is 94.9 Å². The van der Waals surface area contributed by atoms with Crippen molar-refractivity contribution in [1.82, 2.24) is 4.57 Å². The maximum absolute atomic E-state index is 5.13. The van der Waals surface area contributed by atoms with E-state index < -0.39 is 0 Å². The topological polar surface area (TPSA) is 4.93 Å². The highest BCUT2D eigenvalue weighted by Crippen LogP contribution is 2.41. The van der Waals surface area contributed by atoms with E-state index in [0.717, 1.165) is 12.8 Å². The predicted octanol–water partition coefficient (Wildman–Crippen LogP) is 12.7. The lowest BCUT2D eigenvalue weighted by atomic mass is 10.0. The molecule has 0 atom stereocenters. The van der Waals surface area contributed by atoms with Crippen LogP contribution in [0.4, 0.5) is 0 Å². The second kappa shape index (κ2) is 14.4. The fourth-order valence-corrected chi connectivity index (χ4v) is 7.76. The van der Waals surface area contributed by atoms with Gasteiger partial charge in [-0.25, -0.2) is 0 Å². The lowest BCUT2D eigenvalue weighted by Crippen LogP contribution is -1.93. The number of fused-ring (bicyclic) bond motifs is 3. The number of nitrogens with zero attached hydrogens (tertiary/aromatic N) is 1. The fraction of sp³-hybridized carbons (Fsp3) is 0.368. The third-order valence-electron chi connectivity index (χ3n) is 8.40. The molecule has 0 bridgehead atoms. The fourth-order valence-electron chi connectivity index (χ4n) is 6.08. The van der Waals surface area contributed by atoms with Crippen LogP contribution in [-0.4, -0.2) is 4.57 Å². The molecule has 0 N–H and O–H groups in total. The molecule has 214 valence electrons. The molecule has 0 fully saturated rings. The van der Waals surface area contributed by atoms with Crippen LogP contribution >= 0.6 is 24.0 Å². The summed E-state index contributed by atoms with van der Waals surface area (Å²) >= 11 is 7.07. The highest BCUT2D eigenvalue weighted by molar-refractivity contribution is 7.90. The number of thiophene rings is 1. The minimum absolute atomic E-state index is 1.08. The zero-order valence-electron chi connectivity index (χ0n) is 25.1. The van der Waals surface area contributed by atoms with Crippen molar-refractivity contribution in [2.75, 3.05) is 0 Å². The Morgan fingerprint density at radius 3 is 1.93 bits per heavy atom. The van der Waals surface area contributed by atoms with Gasteiger partial charge in [-0.2, -0.15) is 0 Å². The zero-order valence-corrected chi connectivity index (χ0v) is 26.8. The lowest BCUT2D eigenvalue weighted by molar-refractivity contribution is 0.659. The molecule has 2 heterocycles. The second-order valence-corrected chi connectivity index (χ2v) is 12.8. The van der Waals surface area contributed by atoms with Gasteiger partial charge in [-0.05, 0) is 73.6 Å². The van der Waals surface area contributed by atoms with Crippen LogP contribution in [0.25, 0.3) is 42.8 Å². The van der Waals surface area contributed by atoms with Gasteiger partial charge in [0, 0.05) is 31.1 Å². The van der Waals surface area contributed by atoms with Gasteiger partial charge >= 0.3 is 0 Å². The average molecular weight is 580 g/mol. The number of hydrogen-bond acceptors (Lipinski definition) is 2. The van der Waals surface area contributed by atoms with E-state index >= 15 is 0 Å². The van der Waals surface area contributed by atoms with Gasteiger partial charge in [0.05, 0.1) is 11.0 Å². The van der Waals surface area contributed by atoms with Crippen LogP contribution in [0.3, 0.4) is 0 Å². The van der Waals surface area contributed by atoms with Gasteiger partial charge < -0.3 is 4.57 Å². The van der Waals surface area contributed by atoms with Crippen molar-refractivity contribution in [1.29, 1.82) is 0 Å². The average Bonchev–Trinajstić information content (AvgIpc) is 3.59. The Kier molecular flexibility index (Phi) is 10.5. The van der Waals surface area contributed by atoms with Gasteiger partial charge in [0.25, 0.3) is 0 Å². The first kappa shape index (κ1) is 29.7. The molecule has 0 aliphatic heterocycles. The molecule has 0 aliphatic rings. The Hall–Kier alpha value is -2.75. The number of para-hydroxylation sites is 2. The molecule has 0 radical (unpaired) electrons. The van der Waals surface area contributed by atoms with Gasteiger partial charge in [0.15, 0.2) is 0 Å². The first-order chi connectivity index (χ1) is 20.2. The SMILES string of the molecule is CCCCCC/C(CC)=C(/S)c1cc(CCCCCC)c(-c2ccc(-n3c4ccccc4c4ccccc43)cc2)s1. The van der Waals surface area contributed by atoms with Gasteiger partial charge in [0.1, 0.15) is 0 Å². The van der Waals surface area contributed by atoms with Crippen LogP contribution in [0.1, 0.15) is 95.4 Å². The molecular weight excluding hydrogens is 535 g/mol. The van der Waals surface area contributed by atoms with E-state index in [4.69, 9.17) is 12.6 Å². The molecule has 0 saturated carbocycles. The minimum atomic E-state index is 1.08. The van der Waals surface area contributed by atoms with E-state index in [1.54, 1.807) is 0 Å². The first-order valence-electron chi connectivity index (χ1n) is 15.8. The van der Waals surface area contributed by atoms with Crippen LogP contribution in [0, 0.1) is 0 Å². The standard InChI is InChI=1S/C38H45NS2/c1-4-7-9-11-17-28(6-3)37(40)36-27-30(18-12-10-8-5-2)38(41-36)29-23-25-31(26-24-29)39-34-21-15-13-19-32(34)33-20-14-16-22-35(33)39/h13-16,19-27,40H,4-12,17-18H2,1-3H3/b37-28+. The van der Waals surface area contributed by atoms with Gasteiger partial charge in [-0.1, -0.05) is 113 Å². The van der Waals surface area contributed by atoms with Crippen LogP contribution < -0.4 is 0 Å². The molecule has 3 aromatic carbocycles. The van der Waals surface area contributed by atoms with Crippen molar-refractivity contribution in [3.8, 4) is 16.1 Å². The number of thiol groups is 1. The van der Waals surface area contributed by atoms with E-state index in [1.165, 1.54) is 117 Å². The smallest absolute Gasteiger partial charge is 0.0541 e. The predicted molar refractivity (Wildman–Crippen MR) is 187 cm³/mol. The number of aromatic nitrogens is 1. The third-order valence-corrected chi connectivity index (χ3v) is 10.4. The van der Waals surface area contributed by atoms with Gasteiger partial charge in [-0.3, -0.25) is 0 Å². The number of aryl methyl sites for hydroxylation is 1. The third kappa shape index (κ3) is 6.68. The minimum Gasteiger partial charge on any atom is -0.309 e. The van der Waals surface area contributed by atoms with Crippen molar-refractivity contribution < 1.29 is 0 Å². The number of allylic oxidation sites excluding steroid dienone is 1. The molecule has 0 unspecified atom stereocenters. The molecule has 2 aromatic heterocycles. The molecule has 0 amide bonds. The summed E-state index contributed by atoms with van der Waals surface area (Å²) in [6.45, 7) is 6.86.